The minimum atomic E-state index is -5.93. The first kappa shape index (κ1) is 24.0. The Morgan fingerprint density at radius 1 is 1.21 bits per heavy atom. The Morgan fingerprint density at radius 3 is 2.24 bits per heavy atom. The number of rotatable bonds is 8. The van der Waals surface area contributed by atoms with Crippen LogP contribution >= 0.6 is 0 Å². The number of carbonyl (C=O) groups excluding carboxylic acids is 2. The van der Waals surface area contributed by atoms with E-state index in [0.29, 0.717) is 12.1 Å². The summed E-state index contributed by atoms with van der Waals surface area (Å²) in [6.45, 7) is 0.954. The van der Waals surface area contributed by atoms with E-state index in [2.05, 4.69) is 14.8 Å². The van der Waals surface area contributed by atoms with Gasteiger partial charge < -0.3 is 14.8 Å². The second-order valence-corrected chi connectivity index (χ2v) is 6.15. The largest absolute Gasteiger partial charge is 0.480 e. The van der Waals surface area contributed by atoms with Gasteiger partial charge >= 0.3 is 23.8 Å². The van der Waals surface area contributed by atoms with Gasteiger partial charge in [-0.1, -0.05) is 13.8 Å². The number of amides is 1. The summed E-state index contributed by atoms with van der Waals surface area (Å²) in [6, 6.07) is 1.17. The van der Waals surface area contributed by atoms with Crippen LogP contribution in [0.5, 0.6) is 5.75 Å². The molecule has 1 rings (SSSR count). The molecule has 1 N–H and O–H groups in total. The van der Waals surface area contributed by atoms with Gasteiger partial charge in [0.15, 0.2) is 12.4 Å². The number of benzene rings is 1. The van der Waals surface area contributed by atoms with Crippen molar-refractivity contribution >= 4 is 17.6 Å². The van der Waals surface area contributed by atoms with Gasteiger partial charge in [0.05, 0.1) is 12.0 Å². The Bertz CT molecular complexity index is 782. The average Bonchev–Trinajstić information content (AvgIpc) is 2.62. The number of hydrogen-bond acceptors (Lipinski definition) is 6. The zero-order valence-corrected chi connectivity index (χ0v) is 15.4. The maximum atomic E-state index is 13.0. The van der Waals surface area contributed by atoms with Gasteiger partial charge in [-0.3, -0.25) is 14.9 Å². The van der Waals surface area contributed by atoms with Gasteiger partial charge in [0.2, 0.25) is 0 Å². The van der Waals surface area contributed by atoms with Crippen molar-refractivity contribution in [3.05, 3.63) is 33.9 Å². The number of alkyl halides is 5. The molecule has 0 saturated heterocycles. The lowest BCUT2D eigenvalue weighted by Crippen LogP contribution is -2.45. The van der Waals surface area contributed by atoms with Crippen molar-refractivity contribution in [3.8, 4) is 5.75 Å². The Kier molecular flexibility index (Phi) is 7.47. The molecule has 0 aliphatic carbocycles. The molecule has 0 saturated carbocycles. The number of hydrogen-bond donors (Lipinski definition) is 1. The second kappa shape index (κ2) is 9.01. The van der Waals surface area contributed by atoms with Crippen LogP contribution in [-0.2, 0) is 9.53 Å². The van der Waals surface area contributed by atoms with E-state index in [1.807, 2.05) is 0 Å². The topological polar surface area (TPSA) is 108 Å². The third-order valence-corrected chi connectivity index (χ3v) is 3.65. The third kappa shape index (κ3) is 5.99. The molecule has 162 valence electrons. The molecular formula is C16H17F5N2O6. The Hall–Kier alpha value is -2.99. The molecule has 0 bridgehead atoms. The molecule has 0 heterocycles. The highest BCUT2D eigenvalue weighted by molar-refractivity contribution is 5.97. The number of esters is 1. The molecule has 1 aromatic carbocycles. The lowest BCUT2D eigenvalue weighted by molar-refractivity contribution is -0.386. The molecule has 29 heavy (non-hydrogen) atoms. The maximum absolute atomic E-state index is 13.0. The molecule has 1 aromatic rings. The number of nitrogens with one attached hydrogen (secondary N) is 1. The van der Waals surface area contributed by atoms with Gasteiger partial charge in [-0.25, -0.2) is 4.79 Å². The Balaban J connectivity index is 3.16. The van der Waals surface area contributed by atoms with Crippen molar-refractivity contribution in [1.82, 2.24) is 5.32 Å². The molecule has 0 aromatic heterocycles. The average molecular weight is 428 g/mol. The normalized spacial score (nSPS) is 13.0. The smallest absolute Gasteiger partial charge is 0.456 e. The predicted octanol–water partition coefficient (Wildman–Crippen LogP) is 3.10. The summed E-state index contributed by atoms with van der Waals surface area (Å²) >= 11 is 0. The van der Waals surface area contributed by atoms with E-state index in [1.165, 1.54) is 0 Å². The summed E-state index contributed by atoms with van der Waals surface area (Å²) in [6.07, 6.45) is -5.93. The van der Waals surface area contributed by atoms with Gasteiger partial charge in [-0.15, -0.1) is 0 Å². The van der Waals surface area contributed by atoms with E-state index in [9.17, 15) is 41.7 Å². The van der Waals surface area contributed by atoms with Crippen molar-refractivity contribution in [2.45, 2.75) is 32.0 Å². The maximum Gasteiger partial charge on any atom is 0.456 e. The number of ether oxygens (including phenoxy) is 2. The fourth-order valence-electron chi connectivity index (χ4n) is 2.02. The summed E-state index contributed by atoms with van der Waals surface area (Å²) in [4.78, 5) is 33.9. The molecule has 8 nitrogen and oxygen atoms in total. The van der Waals surface area contributed by atoms with Crippen LogP contribution in [0, 0.1) is 16.0 Å². The van der Waals surface area contributed by atoms with Crippen LogP contribution < -0.4 is 10.1 Å². The van der Waals surface area contributed by atoms with Crippen LogP contribution in [0.3, 0.4) is 0 Å². The number of carbonyl (C=O) groups is 2. The van der Waals surface area contributed by atoms with E-state index in [4.69, 9.17) is 0 Å². The number of nitrogens with zero attached hydrogens (tertiary/aromatic N) is 1. The van der Waals surface area contributed by atoms with Gasteiger partial charge in [-0.2, -0.15) is 22.0 Å². The van der Waals surface area contributed by atoms with Crippen LogP contribution in [0.25, 0.3) is 0 Å². The number of nitro groups is 1. The van der Waals surface area contributed by atoms with Crippen LogP contribution in [0.1, 0.15) is 24.2 Å². The van der Waals surface area contributed by atoms with Crippen molar-refractivity contribution in [2.75, 3.05) is 13.7 Å². The molecule has 0 unspecified atom stereocenters. The first-order valence-electron chi connectivity index (χ1n) is 7.95. The lowest BCUT2D eigenvalue weighted by Gasteiger charge is -2.21. The minimum absolute atomic E-state index is 0.365. The highest BCUT2D eigenvalue weighted by Gasteiger charge is 2.58. The molecular weight excluding hydrogens is 411 g/mol. The highest BCUT2D eigenvalue weighted by atomic mass is 19.4. The number of halogens is 5. The highest BCUT2D eigenvalue weighted by Crippen LogP contribution is 2.37. The number of nitro benzene ring substituents is 1. The van der Waals surface area contributed by atoms with Crippen LogP contribution in [0.2, 0.25) is 0 Å². The molecule has 1 amide bonds. The van der Waals surface area contributed by atoms with Gasteiger partial charge in [-0.05, 0) is 12.0 Å². The van der Waals surface area contributed by atoms with Crippen molar-refractivity contribution < 1.29 is 45.9 Å². The Labute approximate surface area is 161 Å². The molecule has 1 atom stereocenters. The first-order valence-corrected chi connectivity index (χ1v) is 7.95. The molecule has 0 spiro atoms. The van der Waals surface area contributed by atoms with Crippen LogP contribution in [-0.4, -0.2) is 48.7 Å². The lowest BCUT2D eigenvalue weighted by atomic mass is 10.0. The summed E-state index contributed by atoms with van der Waals surface area (Å²) in [5, 5.41) is 13.3. The fraction of sp³-hybridized carbons (Fsp3) is 0.500. The summed E-state index contributed by atoms with van der Waals surface area (Å²) in [5.74, 6) is -8.38. The van der Waals surface area contributed by atoms with E-state index < -0.39 is 58.9 Å². The molecule has 0 fully saturated rings. The number of methoxy groups -OCH3 is 1. The third-order valence-electron chi connectivity index (χ3n) is 3.65. The van der Waals surface area contributed by atoms with Crippen LogP contribution in [0.4, 0.5) is 27.6 Å². The molecule has 0 aliphatic heterocycles. The van der Waals surface area contributed by atoms with Crippen LogP contribution in [0.15, 0.2) is 18.2 Å². The van der Waals surface area contributed by atoms with Gasteiger partial charge in [0, 0.05) is 17.7 Å². The van der Waals surface area contributed by atoms with Crippen molar-refractivity contribution in [1.29, 1.82) is 0 Å². The summed E-state index contributed by atoms with van der Waals surface area (Å²) in [5.41, 5.74) is -1.29. The monoisotopic (exact) mass is 428 g/mol. The SMILES string of the molecule is COC(=O)[C@@H](NC(=O)c1ccc([N+](=O)[O-])c(OCC(F)(F)C(F)(F)F)c1)C(C)C. The predicted molar refractivity (Wildman–Crippen MR) is 87.7 cm³/mol. The molecule has 0 radical (unpaired) electrons. The van der Waals surface area contributed by atoms with Crippen molar-refractivity contribution in [3.63, 3.8) is 0 Å². The van der Waals surface area contributed by atoms with E-state index >= 15 is 0 Å². The van der Waals surface area contributed by atoms with E-state index in [0.717, 1.165) is 13.2 Å². The van der Waals surface area contributed by atoms with E-state index in [1.54, 1.807) is 13.8 Å². The zero-order valence-electron chi connectivity index (χ0n) is 15.4. The quantitative estimate of drug-likeness (QED) is 0.295. The molecule has 13 heteroatoms. The first-order chi connectivity index (χ1) is 13.2. The van der Waals surface area contributed by atoms with E-state index in [-0.39, 0.29) is 5.56 Å². The van der Waals surface area contributed by atoms with Gasteiger partial charge in [0.1, 0.15) is 6.04 Å². The second-order valence-electron chi connectivity index (χ2n) is 6.15. The van der Waals surface area contributed by atoms with Gasteiger partial charge in [0.25, 0.3) is 5.91 Å². The minimum Gasteiger partial charge on any atom is -0.480 e. The van der Waals surface area contributed by atoms with Crippen molar-refractivity contribution in [2.24, 2.45) is 5.92 Å². The Morgan fingerprint density at radius 2 is 1.79 bits per heavy atom. The summed E-state index contributed by atoms with van der Waals surface area (Å²) in [7, 11) is 1.09. The fourth-order valence-corrected chi connectivity index (χ4v) is 2.02. The standard InChI is InChI=1S/C16H17F5N2O6/c1-8(2)12(14(25)28-3)22-13(24)9-4-5-10(23(26)27)11(6-9)29-7-15(17,18)16(19,20)21/h4-6,8,12H,7H2,1-3H3,(H,22,24)/t12-/m0/s1. The summed E-state index contributed by atoms with van der Waals surface area (Å²) < 4.78 is 71.7. The molecule has 0 aliphatic rings. The zero-order chi connectivity index (χ0) is 22.6.